The molecule has 1 aliphatic carbocycles. The number of nitrogens with two attached hydrogens (primary N) is 1. The van der Waals surface area contributed by atoms with Gasteiger partial charge in [-0.15, -0.1) is 0 Å². The topological polar surface area (TPSA) is 64.2 Å². The Morgan fingerprint density at radius 2 is 2.22 bits per heavy atom. The van der Waals surface area contributed by atoms with Gasteiger partial charge in [0, 0.05) is 31.9 Å². The van der Waals surface area contributed by atoms with Crippen LogP contribution in [0.1, 0.15) is 37.5 Å². The van der Waals surface area contributed by atoms with Gasteiger partial charge in [-0.25, -0.2) is 4.98 Å². The van der Waals surface area contributed by atoms with Gasteiger partial charge in [0.15, 0.2) is 0 Å². The number of likely N-dealkylation sites (tertiary alicyclic amines) is 1. The number of carbonyl (C=O) groups is 1. The van der Waals surface area contributed by atoms with Crippen LogP contribution in [-0.2, 0) is 11.8 Å². The van der Waals surface area contributed by atoms with Crippen molar-refractivity contribution in [2.24, 2.45) is 18.7 Å². The zero-order chi connectivity index (χ0) is 12.7. The molecule has 2 N–H and O–H groups in total. The highest BCUT2D eigenvalue weighted by Gasteiger charge is 2.45. The van der Waals surface area contributed by atoms with Crippen molar-refractivity contribution in [2.75, 3.05) is 6.54 Å². The number of hydrogen-bond acceptors (Lipinski definition) is 3. The Balaban J connectivity index is 1.97. The maximum atomic E-state index is 12.2. The zero-order valence-corrected chi connectivity index (χ0v) is 10.7. The Bertz CT molecular complexity index is 452. The molecule has 2 heterocycles. The average Bonchev–Trinajstić information content (AvgIpc) is 3.11. The van der Waals surface area contributed by atoms with E-state index in [0.717, 1.165) is 25.1 Å². The summed E-state index contributed by atoms with van der Waals surface area (Å²) >= 11 is 0. The van der Waals surface area contributed by atoms with E-state index in [4.69, 9.17) is 5.73 Å². The van der Waals surface area contributed by atoms with Gasteiger partial charge in [0.1, 0.15) is 5.82 Å². The lowest BCUT2D eigenvalue weighted by Gasteiger charge is -2.40. The van der Waals surface area contributed by atoms with E-state index in [2.05, 4.69) is 9.88 Å². The van der Waals surface area contributed by atoms with Gasteiger partial charge in [0.25, 0.3) is 0 Å². The summed E-state index contributed by atoms with van der Waals surface area (Å²) in [5.41, 5.74) is 5.90. The van der Waals surface area contributed by atoms with Crippen LogP contribution in [0.4, 0.5) is 0 Å². The van der Waals surface area contributed by atoms with Crippen molar-refractivity contribution in [1.29, 1.82) is 0 Å². The fourth-order valence-electron chi connectivity index (χ4n) is 3.01. The van der Waals surface area contributed by atoms with Crippen molar-refractivity contribution >= 4 is 5.91 Å². The Hall–Kier alpha value is -1.36. The standard InChI is InChI=1S/C13H20N4O/c1-16-7-6-15-13(16)12-9(8-14)2-5-11(18)17(12)10-3-4-10/h6-7,9-10,12H,2-5,8,14H2,1H3/t9-,12+/m1/s1. The van der Waals surface area contributed by atoms with E-state index in [1.54, 1.807) is 6.20 Å². The molecule has 1 aromatic rings. The molecule has 0 aromatic carbocycles. The second kappa shape index (κ2) is 4.39. The van der Waals surface area contributed by atoms with Crippen molar-refractivity contribution in [3.05, 3.63) is 18.2 Å². The summed E-state index contributed by atoms with van der Waals surface area (Å²) in [4.78, 5) is 18.7. The average molecular weight is 248 g/mol. The number of hydrogen-bond donors (Lipinski definition) is 1. The molecule has 2 atom stereocenters. The number of piperidine rings is 1. The SMILES string of the molecule is Cn1ccnc1[C@@H]1[C@@H](CN)CCC(=O)N1C1CC1. The van der Waals surface area contributed by atoms with Gasteiger partial charge in [-0.2, -0.15) is 0 Å². The molecule has 2 fully saturated rings. The maximum Gasteiger partial charge on any atom is 0.223 e. The smallest absolute Gasteiger partial charge is 0.223 e. The predicted octanol–water partition coefficient (Wildman–Crippen LogP) is 0.821. The molecule has 5 nitrogen and oxygen atoms in total. The fourth-order valence-corrected chi connectivity index (χ4v) is 3.01. The molecule has 98 valence electrons. The van der Waals surface area contributed by atoms with Gasteiger partial charge < -0.3 is 15.2 Å². The molecule has 0 radical (unpaired) electrons. The molecule has 18 heavy (non-hydrogen) atoms. The first kappa shape index (κ1) is 11.7. The summed E-state index contributed by atoms with van der Waals surface area (Å²) < 4.78 is 2.02. The largest absolute Gasteiger partial charge is 0.336 e. The van der Waals surface area contributed by atoms with Gasteiger partial charge in [0.05, 0.1) is 6.04 Å². The molecular weight excluding hydrogens is 228 g/mol. The van der Waals surface area contributed by atoms with E-state index in [9.17, 15) is 4.79 Å². The van der Waals surface area contributed by atoms with Gasteiger partial charge in [-0.05, 0) is 31.7 Å². The number of aromatic nitrogens is 2. The molecule has 1 aromatic heterocycles. The summed E-state index contributed by atoms with van der Waals surface area (Å²) in [7, 11) is 1.99. The fraction of sp³-hybridized carbons (Fsp3) is 0.692. The van der Waals surface area contributed by atoms with Gasteiger partial charge in [-0.3, -0.25) is 4.79 Å². The third-order valence-corrected chi connectivity index (χ3v) is 4.13. The quantitative estimate of drug-likeness (QED) is 0.861. The summed E-state index contributed by atoms with van der Waals surface area (Å²) in [6.07, 6.45) is 7.52. The van der Waals surface area contributed by atoms with Crippen LogP contribution in [-0.4, -0.2) is 32.9 Å². The number of amides is 1. The van der Waals surface area contributed by atoms with Crippen molar-refractivity contribution < 1.29 is 4.79 Å². The van der Waals surface area contributed by atoms with E-state index in [0.29, 0.717) is 24.9 Å². The molecule has 2 aliphatic rings. The zero-order valence-electron chi connectivity index (χ0n) is 10.7. The Labute approximate surface area is 107 Å². The highest BCUT2D eigenvalue weighted by atomic mass is 16.2. The third-order valence-electron chi connectivity index (χ3n) is 4.13. The molecule has 1 aliphatic heterocycles. The highest BCUT2D eigenvalue weighted by Crippen LogP contribution is 2.42. The second-order valence-corrected chi connectivity index (χ2v) is 5.41. The van der Waals surface area contributed by atoms with Crippen LogP contribution in [0.2, 0.25) is 0 Å². The summed E-state index contributed by atoms with van der Waals surface area (Å²) in [5.74, 6) is 1.59. The van der Waals surface area contributed by atoms with Crippen molar-refractivity contribution in [1.82, 2.24) is 14.5 Å². The first-order chi connectivity index (χ1) is 8.72. The summed E-state index contributed by atoms with van der Waals surface area (Å²) in [6, 6.07) is 0.497. The third kappa shape index (κ3) is 1.82. The minimum atomic E-state index is 0.0729. The summed E-state index contributed by atoms with van der Waals surface area (Å²) in [5, 5.41) is 0. The minimum absolute atomic E-state index is 0.0729. The first-order valence-electron chi connectivity index (χ1n) is 6.71. The molecule has 0 bridgehead atoms. The van der Waals surface area contributed by atoms with E-state index in [-0.39, 0.29) is 11.9 Å². The lowest BCUT2D eigenvalue weighted by atomic mass is 9.88. The van der Waals surface area contributed by atoms with Crippen molar-refractivity contribution in [2.45, 2.75) is 37.8 Å². The van der Waals surface area contributed by atoms with Crippen LogP contribution in [0.25, 0.3) is 0 Å². The Kier molecular flexibility index (Phi) is 2.86. The van der Waals surface area contributed by atoms with Crippen LogP contribution in [0.5, 0.6) is 0 Å². The van der Waals surface area contributed by atoms with Crippen LogP contribution in [0.3, 0.4) is 0 Å². The van der Waals surface area contributed by atoms with Crippen LogP contribution in [0.15, 0.2) is 12.4 Å². The summed E-state index contributed by atoms with van der Waals surface area (Å²) in [6.45, 7) is 0.619. The van der Waals surface area contributed by atoms with E-state index in [1.807, 2.05) is 17.8 Å². The lowest BCUT2D eigenvalue weighted by Crippen LogP contribution is -2.47. The molecule has 1 amide bonds. The number of aryl methyl sites for hydroxylation is 1. The normalized spacial score (nSPS) is 28.8. The highest BCUT2D eigenvalue weighted by molar-refractivity contribution is 5.78. The van der Waals surface area contributed by atoms with Crippen LogP contribution >= 0.6 is 0 Å². The molecule has 5 heteroatoms. The predicted molar refractivity (Wildman–Crippen MR) is 67.6 cm³/mol. The number of carbonyl (C=O) groups excluding carboxylic acids is 1. The number of nitrogens with zero attached hydrogens (tertiary/aromatic N) is 3. The minimum Gasteiger partial charge on any atom is -0.336 e. The first-order valence-corrected chi connectivity index (χ1v) is 6.71. The van der Waals surface area contributed by atoms with Crippen molar-refractivity contribution in [3.63, 3.8) is 0 Å². The molecule has 1 saturated carbocycles. The molecule has 0 spiro atoms. The van der Waals surface area contributed by atoms with Gasteiger partial charge >= 0.3 is 0 Å². The molecule has 0 unspecified atom stereocenters. The van der Waals surface area contributed by atoms with E-state index in [1.165, 1.54) is 0 Å². The van der Waals surface area contributed by atoms with Crippen LogP contribution < -0.4 is 5.73 Å². The Morgan fingerprint density at radius 3 is 2.78 bits per heavy atom. The van der Waals surface area contributed by atoms with E-state index >= 15 is 0 Å². The van der Waals surface area contributed by atoms with E-state index < -0.39 is 0 Å². The second-order valence-electron chi connectivity index (χ2n) is 5.41. The number of imidazole rings is 1. The Morgan fingerprint density at radius 1 is 1.44 bits per heavy atom. The molecular formula is C13H20N4O. The van der Waals surface area contributed by atoms with Gasteiger partial charge in [-0.1, -0.05) is 0 Å². The van der Waals surface area contributed by atoms with Crippen molar-refractivity contribution in [3.8, 4) is 0 Å². The molecule has 3 rings (SSSR count). The molecule has 1 saturated heterocycles. The monoisotopic (exact) mass is 248 g/mol. The van der Waals surface area contributed by atoms with Crippen LogP contribution in [0, 0.1) is 5.92 Å². The van der Waals surface area contributed by atoms with Gasteiger partial charge in [0.2, 0.25) is 5.91 Å². The maximum absolute atomic E-state index is 12.2. The number of rotatable bonds is 3. The lowest BCUT2D eigenvalue weighted by molar-refractivity contribution is -0.140.